The summed E-state index contributed by atoms with van der Waals surface area (Å²) in [7, 11) is 1.96. The maximum absolute atomic E-state index is 13.4. The summed E-state index contributed by atoms with van der Waals surface area (Å²) in [6, 6.07) is 11.9. The van der Waals surface area contributed by atoms with Gasteiger partial charge in [-0.15, -0.1) is 0 Å². The summed E-state index contributed by atoms with van der Waals surface area (Å²) in [4.78, 5) is 6.58. The van der Waals surface area contributed by atoms with Gasteiger partial charge in [0.1, 0.15) is 5.82 Å². The average Bonchev–Trinajstić information content (AvgIpc) is 2.84. The van der Waals surface area contributed by atoms with E-state index in [0.29, 0.717) is 18.8 Å². The van der Waals surface area contributed by atoms with E-state index in [2.05, 4.69) is 4.98 Å². The Morgan fingerprint density at radius 1 is 1.09 bits per heavy atom. The lowest BCUT2D eigenvalue weighted by molar-refractivity contribution is 0.508. The van der Waals surface area contributed by atoms with Crippen molar-refractivity contribution in [3.63, 3.8) is 0 Å². The van der Waals surface area contributed by atoms with E-state index in [1.54, 1.807) is 6.07 Å². The second-order valence-electron chi connectivity index (χ2n) is 5.19. The number of aromatic nitrogens is 2. The normalized spacial score (nSPS) is 11.1. The van der Waals surface area contributed by atoms with Crippen LogP contribution in [0.15, 0.2) is 42.5 Å². The Bertz CT molecular complexity index is 811. The predicted molar refractivity (Wildman–Crippen MR) is 83.8 cm³/mol. The summed E-state index contributed by atoms with van der Waals surface area (Å²) < 4.78 is 28.6. The molecule has 2 aromatic carbocycles. The second-order valence-corrected chi connectivity index (χ2v) is 5.19. The van der Waals surface area contributed by atoms with Gasteiger partial charge in [0.25, 0.3) is 0 Å². The molecule has 3 aromatic rings. The number of benzene rings is 2. The molecule has 0 radical (unpaired) electrons. The largest absolute Gasteiger partial charge is 0.364 e. The van der Waals surface area contributed by atoms with E-state index in [1.807, 2.05) is 47.7 Å². The standard InChI is InChI=1S/C17H17F2N3/c1-3-22(12-8-9-13(18)14(19)10-12)11-17-20-15-6-4-5-7-16(15)21(17)2/h4-10H,3,11H2,1-2H3. The molecule has 0 aliphatic carbocycles. The van der Waals surface area contributed by atoms with Gasteiger partial charge < -0.3 is 9.47 Å². The number of rotatable bonds is 4. The highest BCUT2D eigenvalue weighted by molar-refractivity contribution is 5.75. The maximum atomic E-state index is 13.4. The summed E-state index contributed by atoms with van der Waals surface area (Å²) in [6.45, 7) is 3.19. The van der Waals surface area contributed by atoms with Crippen molar-refractivity contribution in [3.8, 4) is 0 Å². The van der Waals surface area contributed by atoms with E-state index in [0.717, 1.165) is 22.9 Å². The molecule has 114 valence electrons. The number of nitrogens with zero attached hydrogens (tertiary/aromatic N) is 3. The van der Waals surface area contributed by atoms with Crippen molar-refractivity contribution in [1.29, 1.82) is 0 Å². The van der Waals surface area contributed by atoms with Gasteiger partial charge in [-0.05, 0) is 31.2 Å². The molecule has 3 nitrogen and oxygen atoms in total. The van der Waals surface area contributed by atoms with Gasteiger partial charge in [-0.1, -0.05) is 12.1 Å². The molecule has 1 aromatic heterocycles. The van der Waals surface area contributed by atoms with Crippen LogP contribution in [0.4, 0.5) is 14.5 Å². The Morgan fingerprint density at radius 3 is 2.55 bits per heavy atom. The molecule has 1 heterocycles. The fraction of sp³-hybridized carbons (Fsp3) is 0.235. The Morgan fingerprint density at radius 2 is 1.86 bits per heavy atom. The maximum Gasteiger partial charge on any atom is 0.160 e. The molecule has 0 saturated carbocycles. The molecule has 0 aliphatic heterocycles. The lowest BCUT2D eigenvalue weighted by atomic mass is 10.2. The quantitative estimate of drug-likeness (QED) is 0.729. The van der Waals surface area contributed by atoms with Gasteiger partial charge in [0.2, 0.25) is 0 Å². The molecule has 0 bridgehead atoms. The lowest BCUT2D eigenvalue weighted by Crippen LogP contribution is -2.24. The fourth-order valence-electron chi connectivity index (χ4n) is 2.57. The van der Waals surface area contributed by atoms with Crippen LogP contribution < -0.4 is 4.90 Å². The number of fused-ring (bicyclic) bond motifs is 1. The molecular formula is C17H17F2N3. The lowest BCUT2D eigenvalue weighted by Gasteiger charge is -2.22. The summed E-state index contributed by atoms with van der Waals surface area (Å²) >= 11 is 0. The molecule has 22 heavy (non-hydrogen) atoms. The van der Waals surface area contributed by atoms with Crippen molar-refractivity contribution in [2.45, 2.75) is 13.5 Å². The van der Waals surface area contributed by atoms with Crippen LogP contribution in [0.25, 0.3) is 11.0 Å². The average molecular weight is 301 g/mol. The molecule has 0 saturated heterocycles. The minimum atomic E-state index is -0.832. The topological polar surface area (TPSA) is 21.1 Å². The van der Waals surface area contributed by atoms with Crippen molar-refractivity contribution in [1.82, 2.24) is 9.55 Å². The van der Waals surface area contributed by atoms with Crippen LogP contribution in [0, 0.1) is 11.6 Å². The third-order valence-corrected chi connectivity index (χ3v) is 3.86. The first kappa shape index (κ1) is 14.5. The molecular weight excluding hydrogens is 284 g/mol. The minimum Gasteiger partial charge on any atom is -0.364 e. The smallest absolute Gasteiger partial charge is 0.160 e. The first-order chi connectivity index (χ1) is 10.6. The molecule has 0 aliphatic rings. The molecule has 0 atom stereocenters. The molecule has 3 rings (SSSR count). The van der Waals surface area contributed by atoms with Crippen molar-refractivity contribution in [2.24, 2.45) is 7.05 Å². The van der Waals surface area contributed by atoms with Crippen molar-refractivity contribution in [2.75, 3.05) is 11.4 Å². The zero-order valence-corrected chi connectivity index (χ0v) is 12.6. The number of hydrogen-bond acceptors (Lipinski definition) is 2. The van der Waals surface area contributed by atoms with E-state index >= 15 is 0 Å². The van der Waals surface area contributed by atoms with Crippen molar-refractivity contribution < 1.29 is 8.78 Å². The van der Waals surface area contributed by atoms with Gasteiger partial charge >= 0.3 is 0 Å². The number of halogens is 2. The molecule has 5 heteroatoms. The van der Waals surface area contributed by atoms with Gasteiger partial charge in [-0.25, -0.2) is 13.8 Å². The second kappa shape index (κ2) is 5.75. The van der Waals surface area contributed by atoms with Gasteiger partial charge in [0.15, 0.2) is 11.6 Å². The third-order valence-electron chi connectivity index (χ3n) is 3.86. The van der Waals surface area contributed by atoms with Gasteiger partial charge in [0, 0.05) is 25.3 Å². The zero-order chi connectivity index (χ0) is 15.7. The molecule has 0 unspecified atom stereocenters. The van der Waals surface area contributed by atoms with Gasteiger partial charge in [0.05, 0.1) is 17.6 Å². The summed E-state index contributed by atoms with van der Waals surface area (Å²) in [5.74, 6) is -0.781. The first-order valence-corrected chi connectivity index (χ1v) is 7.20. The predicted octanol–water partition coefficient (Wildman–Crippen LogP) is 3.88. The Kier molecular flexibility index (Phi) is 3.79. The van der Waals surface area contributed by atoms with Crippen LogP contribution in [0.5, 0.6) is 0 Å². The van der Waals surface area contributed by atoms with Crippen molar-refractivity contribution in [3.05, 3.63) is 59.9 Å². The molecule has 0 amide bonds. The van der Waals surface area contributed by atoms with E-state index in [9.17, 15) is 8.78 Å². The van der Waals surface area contributed by atoms with Gasteiger partial charge in [-0.3, -0.25) is 0 Å². The molecule has 0 spiro atoms. The van der Waals surface area contributed by atoms with E-state index in [-0.39, 0.29) is 0 Å². The van der Waals surface area contributed by atoms with Crippen LogP contribution >= 0.6 is 0 Å². The number of hydrogen-bond donors (Lipinski definition) is 0. The molecule has 0 N–H and O–H groups in total. The van der Waals surface area contributed by atoms with Gasteiger partial charge in [-0.2, -0.15) is 0 Å². The van der Waals surface area contributed by atoms with Crippen molar-refractivity contribution >= 4 is 16.7 Å². The van der Waals surface area contributed by atoms with Crippen LogP contribution in [0.3, 0.4) is 0 Å². The fourth-order valence-corrected chi connectivity index (χ4v) is 2.57. The van der Waals surface area contributed by atoms with E-state index < -0.39 is 11.6 Å². The summed E-state index contributed by atoms with van der Waals surface area (Å²) in [5.41, 5.74) is 2.63. The van der Waals surface area contributed by atoms with E-state index in [1.165, 1.54) is 6.07 Å². The number of imidazole rings is 1. The first-order valence-electron chi connectivity index (χ1n) is 7.20. The summed E-state index contributed by atoms with van der Waals surface area (Å²) in [6.07, 6.45) is 0. The van der Waals surface area contributed by atoms with Crippen LogP contribution in [0.1, 0.15) is 12.7 Å². The minimum absolute atomic E-state index is 0.534. The zero-order valence-electron chi connectivity index (χ0n) is 12.6. The SMILES string of the molecule is CCN(Cc1nc2ccccc2n1C)c1ccc(F)c(F)c1. The van der Waals surface area contributed by atoms with E-state index in [4.69, 9.17) is 0 Å². The van der Waals surface area contributed by atoms with Crippen LogP contribution in [-0.4, -0.2) is 16.1 Å². The molecule has 0 fully saturated rings. The van der Waals surface area contributed by atoms with Crippen LogP contribution in [-0.2, 0) is 13.6 Å². The third kappa shape index (κ3) is 2.54. The highest BCUT2D eigenvalue weighted by atomic mass is 19.2. The number of aryl methyl sites for hydroxylation is 1. The van der Waals surface area contributed by atoms with Crippen LogP contribution in [0.2, 0.25) is 0 Å². The highest BCUT2D eigenvalue weighted by Gasteiger charge is 2.13. The Hall–Kier alpha value is -2.43. The highest BCUT2D eigenvalue weighted by Crippen LogP contribution is 2.21. The monoisotopic (exact) mass is 301 g/mol. The Labute approximate surface area is 127 Å². The Balaban J connectivity index is 1.94. The number of anilines is 1. The number of para-hydroxylation sites is 2. The summed E-state index contributed by atoms with van der Waals surface area (Å²) in [5, 5.41) is 0.